The van der Waals surface area contributed by atoms with E-state index in [-0.39, 0.29) is 17.5 Å². The van der Waals surface area contributed by atoms with Gasteiger partial charge in [-0.3, -0.25) is 4.79 Å². The van der Waals surface area contributed by atoms with Gasteiger partial charge in [-0.2, -0.15) is 0 Å². The molecule has 17 heavy (non-hydrogen) atoms. The number of H-pyrrole nitrogens is 1. The summed E-state index contributed by atoms with van der Waals surface area (Å²) in [6, 6.07) is 1.27. The lowest BCUT2D eigenvalue weighted by Crippen LogP contribution is -2.41. The van der Waals surface area contributed by atoms with Gasteiger partial charge >= 0.3 is 0 Å². The lowest BCUT2D eigenvalue weighted by molar-refractivity contribution is -0.00600. The van der Waals surface area contributed by atoms with Crippen LogP contribution < -0.4 is 11.3 Å². The first-order valence-electron chi connectivity index (χ1n) is 5.43. The molecule has 0 saturated carbocycles. The van der Waals surface area contributed by atoms with E-state index in [2.05, 4.69) is 21.9 Å². The Morgan fingerprint density at radius 3 is 3.29 bits per heavy atom. The zero-order valence-corrected chi connectivity index (χ0v) is 10.5. The molecule has 1 unspecified atom stereocenters. The minimum Gasteiger partial charge on any atom is -0.383 e. The van der Waals surface area contributed by atoms with Gasteiger partial charge < -0.3 is 20.4 Å². The van der Waals surface area contributed by atoms with Gasteiger partial charge in [-0.25, -0.2) is 4.98 Å². The number of morpholine rings is 1. The number of thioether (sulfide) groups is 1. The van der Waals surface area contributed by atoms with E-state index in [9.17, 15) is 4.79 Å². The van der Waals surface area contributed by atoms with Gasteiger partial charge in [-0.1, -0.05) is 11.8 Å². The lowest BCUT2D eigenvalue weighted by atomic mass is 10.3. The van der Waals surface area contributed by atoms with Crippen LogP contribution in [0.2, 0.25) is 0 Å². The molecule has 1 aliphatic rings. The van der Waals surface area contributed by atoms with Crippen LogP contribution in [-0.2, 0) is 4.74 Å². The molecule has 1 aromatic heterocycles. The summed E-state index contributed by atoms with van der Waals surface area (Å²) >= 11 is 1.46. The summed E-state index contributed by atoms with van der Waals surface area (Å²) in [5, 5.41) is 0.548. The lowest BCUT2D eigenvalue weighted by Gasteiger charge is -2.29. The van der Waals surface area contributed by atoms with Crippen molar-refractivity contribution in [1.29, 1.82) is 0 Å². The summed E-state index contributed by atoms with van der Waals surface area (Å²) in [5.74, 6) is 1.01. The van der Waals surface area contributed by atoms with Crippen molar-refractivity contribution in [3.63, 3.8) is 0 Å². The zero-order valence-electron chi connectivity index (χ0n) is 9.68. The summed E-state index contributed by atoms with van der Waals surface area (Å²) in [6.45, 7) is 2.62. The summed E-state index contributed by atoms with van der Waals surface area (Å²) in [6.07, 6.45) is 0.172. The molecule has 0 amide bonds. The van der Waals surface area contributed by atoms with Crippen molar-refractivity contribution in [1.82, 2.24) is 14.9 Å². The largest absolute Gasteiger partial charge is 0.383 e. The highest BCUT2D eigenvalue weighted by Crippen LogP contribution is 2.16. The molecule has 1 aliphatic heterocycles. The van der Waals surface area contributed by atoms with Crippen LogP contribution in [0.5, 0.6) is 0 Å². The Kier molecular flexibility index (Phi) is 4.03. The number of anilines is 1. The monoisotopic (exact) mass is 256 g/mol. The molecule has 7 heteroatoms. The molecule has 0 spiro atoms. The van der Waals surface area contributed by atoms with Crippen molar-refractivity contribution in [2.75, 3.05) is 38.2 Å². The fraction of sp³-hybridized carbons (Fsp3) is 0.600. The average Bonchev–Trinajstić information content (AvgIpc) is 2.25. The first-order chi connectivity index (χ1) is 8.13. The Balaban J connectivity index is 1.90. The smallest absolute Gasteiger partial charge is 0.253 e. The number of aromatic amines is 1. The maximum Gasteiger partial charge on any atom is 0.253 e. The van der Waals surface area contributed by atoms with Gasteiger partial charge in [-0.05, 0) is 7.05 Å². The fourth-order valence-corrected chi connectivity index (χ4v) is 2.55. The Bertz CT molecular complexity index is 437. The predicted molar refractivity (Wildman–Crippen MR) is 67.2 cm³/mol. The molecular formula is C10H16N4O2S. The third-order valence-electron chi connectivity index (χ3n) is 2.49. The number of nitrogens with zero attached hydrogens (tertiary/aromatic N) is 2. The van der Waals surface area contributed by atoms with Crippen LogP contribution in [0.15, 0.2) is 16.0 Å². The highest BCUT2D eigenvalue weighted by molar-refractivity contribution is 7.99. The number of aromatic nitrogens is 2. The van der Waals surface area contributed by atoms with Crippen LogP contribution in [0, 0.1) is 0 Å². The standard InChI is InChI=1S/C10H16N4O2S/c1-14-2-3-16-7(5-14)6-17-10-12-8(11)4-9(15)13-10/h4,7H,2-3,5-6H2,1H3,(H3,11,12,13,15). The second-order valence-electron chi connectivity index (χ2n) is 4.04. The summed E-state index contributed by atoms with van der Waals surface area (Å²) in [7, 11) is 2.07. The van der Waals surface area contributed by atoms with E-state index in [0.717, 1.165) is 25.4 Å². The molecular weight excluding hydrogens is 240 g/mol. The Labute approximate surface area is 104 Å². The van der Waals surface area contributed by atoms with Crippen molar-refractivity contribution in [3.05, 3.63) is 16.4 Å². The molecule has 1 aromatic rings. The maximum atomic E-state index is 11.2. The second-order valence-corrected chi connectivity index (χ2v) is 5.05. The summed E-state index contributed by atoms with van der Waals surface area (Å²) in [5.41, 5.74) is 5.29. The Hall–Kier alpha value is -1.05. The molecule has 2 heterocycles. The number of rotatable bonds is 3. The van der Waals surface area contributed by atoms with Crippen molar-refractivity contribution < 1.29 is 4.74 Å². The van der Waals surface area contributed by atoms with Crippen LogP contribution >= 0.6 is 11.8 Å². The van der Waals surface area contributed by atoms with Gasteiger partial charge in [-0.15, -0.1) is 0 Å². The number of nitrogen functional groups attached to an aromatic ring is 1. The van der Waals surface area contributed by atoms with Gasteiger partial charge in [0.25, 0.3) is 5.56 Å². The zero-order chi connectivity index (χ0) is 12.3. The number of nitrogens with one attached hydrogen (secondary N) is 1. The molecule has 1 atom stereocenters. The van der Waals surface area contributed by atoms with Crippen molar-refractivity contribution in [2.45, 2.75) is 11.3 Å². The van der Waals surface area contributed by atoms with Crippen LogP contribution in [0.4, 0.5) is 5.82 Å². The molecule has 0 bridgehead atoms. The quantitative estimate of drug-likeness (QED) is 0.574. The van der Waals surface area contributed by atoms with Crippen LogP contribution in [0.3, 0.4) is 0 Å². The minimum atomic E-state index is -0.221. The third kappa shape index (κ3) is 3.72. The Morgan fingerprint density at radius 1 is 1.76 bits per heavy atom. The number of nitrogens with two attached hydrogens (primary N) is 1. The van der Waals surface area contributed by atoms with E-state index >= 15 is 0 Å². The average molecular weight is 256 g/mol. The molecule has 6 nitrogen and oxygen atoms in total. The Morgan fingerprint density at radius 2 is 2.59 bits per heavy atom. The molecule has 0 aromatic carbocycles. The van der Waals surface area contributed by atoms with E-state index < -0.39 is 0 Å². The molecule has 3 N–H and O–H groups in total. The predicted octanol–water partition coefficient (Wildman–Crippen LogP) is -0.225. The minimum absolute atomic E-state index is 0.172. The molecule has 1 saturated heterocycles. The van der Waals surface area contributed by atoms with E-state index in [1.54, 1.807) is 0 Å². The molecule has 0 radical (unpaired) electrons. The first-order valence-corrected chi connectivity index (χ1v) is 6.42. The summed E-state index contributed by atoms with van der Waals surface area (Å²) < 4.78 is 5.62. The van der Waals surface area contributed by atoms with Gasteiger partial charge in [0.2, 0.25) is 0 Å². The van der Waals surface area contributed by atoms with Crippen molar-refractivity contribution >= 4 is 17.6 Å². The highest BCUT2D eigenvalue weighted by Gasteiger charge is 2.18. The van der Waals surface area contributed by atoms with Gasteiger partial charge in [0, 0.05) is 24.9 Å². The molecule has 0 aliphatic carbocycles. The van der Waals surface area contributed by atoms with Gasteiger partial charge in [0.05, 0.1) is 12.7 Å². The van der Waals surface area contributed by atoms with Gasteiger partial charge in [0.1, 0.15) is 5.82 Å². The van der Waals surface area contributed by atoms with Crippen molar-refractivity contribution in [2.24, 2.45) is 0 Å². The molecule has 94 valence electrons. The van der Waals surface area contributed by atoms with Crippen LogP contribution in [0.1, 0.15) is 0 Å². The first kappa shape index (κ1) is 12.4. The third-order valence-corrected chi connectivity index (χ3v) is 3.49. The van der Waals surface area contributed by atoms with Crippen molar-refractivity contribution in [3.8, 4) is 0 Å². The second kappa shape index (κ2) is 5.52. The number of hydrogen-bond donors (Lipinski definition) is 2. The normalized spacial score (nSPS) is 21.6. The molecule has 1 fully saturated rings. The SMILES string of the molecule is CN1CCOC(CSc2nc(N)cc(=O)[nH]2)C1. The van der Waals surface area contributed by atoms with Crippen LogP contribution in [-0.4, -0.2) is 53.5 Å². The maximum absolute atomic E-state index is 11.2. The van der Waals surface area contributed by atoms with E-state index in [4.69, 9.17) is 10.5 Å². The number of ether oxygens (including phenoxy) is 1. The van der Waals surface area contributed by atoms with Gasteiger partial charge in [0.15, 0.2) is 5.16 Å². The molecule has 2 rings (SSSR count). The number of hydrogen-bond acceptors (Lipinski definition) is 6. The fourth-order valence-electron chi connectivity index (χ4n) is 1.66. The number of likely N-dealkylation sites (N-methyl/N-ethyl adjacent to an activating group) is 1. The highest BCUT2D eigenvalue weighted by atomic mass is 32.2. The van der Waals surface area contributed by atoms with E-state index in [1.807, 2.05) is 0 Å². The van der Waals surface area contributed by atoms with Crippen LogP contribution in [0.25, 0.3) is 0 Å². The topological polar surface area (TPSA) is 84.2 Å². The van der Waals surface area contributed by atoms with E-state index in [0.29, 0.717) is 5.16 Å². The van der Waals surface area contributed by atoms with E-state index in [1.165, 1.54) is 17.8 Å². The summed E-state index contributed by atoms with van der Waals surface area (Å²) in [4.78, 5) is 20.1.